The number of hydrogen-bond acceptors (Lipinski definition) is 5. The summed E-state index contributed by atoms with van der Waals surface area (Å²) in [5, 5.41) is 12.1. The van der Waals surface area contributed by atoms with Gasteiger partial charge in [-0.1, -0.05) is 11.2 Å². The molecule has 5 nitrogen and oxygen atoms in total. The predicted octanol–water partition coefficient (Wildman–Crippen LogP) is 3.11. The molecular formula is C14H10FN3O2S. The van der Waals surface area contributed by atoms with E-state index in [0.717, 1.165) is 4.88 Å². The number of benzene rings is 1. The first kappa shape index (κ1) is 13.4. The van der Waals surface area contributed by atoms with Gasteiger partial charge in [0.1, 0.15) is 5.82 Å². The van der Waals surface area contributed by atoms with E-state index in [1.54, 1.807) is 11.3 Å². The smallest absolute Gasteiger partial charge is 0.322 e. The summed E-state index contributed by atoms with van der Waals surface area (Å²) in [4.78, 5) is 13.0. The average molecular weight is 303 g/mol. The van der Waals surface area contributed by atoms with Crippen LogP contribution in [0.5, 0.6) is 0 Å². The summed E-state index contributed by atoms with van der Waals surface area (Å²) >= 11 is 1.59. The zero-order valence-corrected chi connectivity index (χ0v) is 11.6. The molecule has 3 aromatic rings. The van der Waals surface area contributed by atoms with Crippen molar-refractivity contribution in [2.75, 3.05) is 5.32 Å². The van der Waals surface area contributed by atoms with Crippen LogP contribution in [0.15, 0.2) is 46.2 Å². The number of anilines is 1. The maximum atomic E-state index is 12.8. The number of carbonyl (C=O) groups excluding carboxylic acids is 1. The van der Waals surface area contributed by atoms with Crippen molar-refractivity contribution in [1.29, 1.82) is 0 Å². The largest absolute Gasteiger partial charge is 0.407 e. The van der Waals surface area contributed by atoms with Crippen LogP contribution < -0.4 is 5.32 Å². The molecular weight excluding hydrogens is 293 g/mol. The minimum Gasteiger partial charge on any atom is -0.407 e. The first-order chi connectivity index (χ1) is 10.2. The first-order valence-corrected chi connectivity index (χ1v) is 7.00. The molecule has 106 valence electrons. The van der Waals surface area contributed by atoms with Gasteiger partial charge in [-0.15, -0.1) is 16.4 Å². The molecule has 0 atom stereocenters. The number of halogens is 1. The van der Waals surface area contributed by atoms with Crippen LogP contribution in [-0.2, 0) is 6.42 Å². The van der Waals surface area contributed by atoms with Gasteiger partial charge in [-0.2, -0.15) is 0 Å². The number of nitrogens with zero attached hydrogens (tertiary/aromatic N) is 2. The van der Waals surface area contributed by atoms with Crippen LogP contribution in [0, 0.1) is 5.82 Å². The number of thiophene rings is 1. The SMILES string of the molecule is O=C(Nc1nnc(Cc2cccs2)o1)c1ccc(F)cc1. The Hall–Kier alpha value is -2.54. The second kappa shape index (κ2) is 5.84. The van der Waals surface area contributed by atoms with Crippen LogP contribution in [-0.4, -0.2) is 16.1 Å². The minimum atomic E-state index is -0.429. The molecule has 1 aromatic carbocycles. The second-order valence-electron chi connectivity index (χ2n) is 4.22. The lowest BCUT2D eigenvalue weighted by atomic mass is 10.2. The standard InChI is InChI=1S/C14H10FN3O2S/c15-10-5-3-9(4-6-10)13(19)16-14-18-17-12(20-14)8-11-2-1-7-21-11/h1-7H,8H2,(H,16,18,19). The molecule has 2 heterocycles. The van der Waals surface area contributed by atoms with Crippen molar-refractivity contribution in [2.45, 2.75) is 6.42 Å². The van der Waals surface area contributed by atoms with Crippen LogP contribution in [0.3, 0.4) is 0 Å². The first-order valence-electron chi connectivity index (χ1n) is 6.12. The quantitative estimate of drug-likeness (QED) is 0.804. The van der Waals surface area contributed by atoms with E-state index in [-0.39, 0.29) is 6.01 Å². The number of amides is 1. The lowest BCUT2D eigenvalue weighted by molar-refractivity contribution is 0.102. The molecule has 0 aliphatic carbocycles. The molecule has 7 heteroatoms. The maximum Gasteiger partial charge on any atom is 0.322 e. The van der Waals surface area contributed by atoms with Crippen molar-refractivity contribution >= 4 is 23.3 Å². The Kier molecular flexibility index (Phi) is 3.74. The average Bonchev–Trinajstić information content (AvgIpc) is 3.12. The normalized spacial score (nSPS) is 10.5. The molecule has 1 N–H and O–H groups in total. The van der Waals surface area contributed by atoms with Gasteiger partial charge in [0.15, 0.2) is 0 Å². The number of rotatable bonds is 4. The Morgan fingerprint density at radius 2 is 2.05 bits per heavy atom. The molecule has 0 radical (unpaired) electrons. The second-order valence-corrected chi connectivity index (χ2v) is 5.25. The molecule has 0 saturated heterocycles. The monoisotopic (exact) mass is 303 g/mol. The molecule has 0 unspecified atom stereocenters. The maximum absolute atomic E-state index is 12.8. The fraction of sp³-hybridized carbons (Fsp3) is 0.0714. The highest BCUT2D eigenvalue weighted by molar-refractivity contribution is 7.09. The van der Waals surface area contributed by atoms with Gasteiger partial charge in [0.05, 0.1) is 6.42 Å². The van der Waals surface area contributed by atoms with Crippen molar-refractivity contribution in [2.24, 2.45) is 0 Å². The zero-order valence-electron chi connectivity index (χ0n) is 10.7. The van der Waals surface area contributed by atoms with E-state index >= 15 is 0 Å². The summed E-state index contributed by atoms with van der Waals surface area (Å²) in [5.41, 5.74) is 0.314. The molecule has 1 amide bonds. The lowest BCUT2D eigenvalue weighted by Gasteiger charge is -1.99. The molecule has 0 aliphatic heterocycles. The Balaban J connectivity index is 1.66. The van der Waals surface area contributed by atoms with Gasteiger partial charge in [0.25, 0.3) is 5.91 Å². The van der Waals surface area contributed by atoms with Crippen LogP contribution in [0.4, 0.5) is 10.4 Å². The third kappa shape index (κ3) is 3.32. The topological polar surface area (TPSA) is 68.0 Å². The lowest BCUT2D eigenvalue weighted by Crippen LogP contribution is -2.12. The van der Waals surface area contributed by atoms with Crippen molar-refractivity contribution in [3.8, 4) is 0 Å². The van der Waals surface area contributed by atoms with Gasteiger partial charge in [-0.3, -0.25) is 10.1 Å². The molecule has 0 aliphatic rings. The highest BCUT2D eigenvalue weighted by atomic mass is 32.1. The van der Waals surface area contributed by atoms with Crippen LogP contribution >= 0.6 is 11.3 Å². The van der Waals surface area contributed by atoms with E-state index in [4.69, 9.17) is 4.42 Å². The molecule has 0 bridgehead atoms. The third-order valence-corrected chi connectivity index (χ3v) is 3.58. The number of hydrogen-bond donors (Lipinski definition) is 1. The van der Waals surface area contributed by atoms with Crippen LogP contribution in [0.25, 0.3) is 0 Å². The molecule has 3 rings (SSSR count). The summed E-state index contributed by atoms with van der Waals surface area (Å²) in [6, 6.07) is 9.12. The van der Waals surface area contributed by atoms with Crippen molar-refractivity contribution < 1.29 is 13.6 Å². The summed E-state index contributed by atoms with van der Waals surface area (Å²) in [6.45, 7) is 0. The van der Waals surface area contributed by atoms with Gasteiger partial charge in [-0.25, -0.2) is 4.39 Å². The van der Waals surface area contributed by atoms with Gasteiger partial charge in [-0.05, 0) is 35.7 Å². The summed E-state index contributed by atoms with van der Waals surface area (Å²) in [5.74, 6) is -0.407. The van der Waals surface area contributed by atoms with Crippen molar-refractivity contribution in [3.63, 3.8) is 0 Å². The molecule has 2 aromatic heterocycles. The third-order valence-electron chi connectivity index (χ3n) is 2.70. The fourth-order valence-corrected chi connectivity index (χ4v) is 2.40. The van der Waals surface area contributed by atoms with E-state index in [0.29, 0.717) is 17.9 Å². The Morgan fingerprint density at radius 3 is 2.76 bits per heavy atom. The Morgan fingerprint density at radius 1 is 1.24 bits per heavy atom. The molecule has 0 saturated carbocycles. The van der Waals surface area contributed by atoms with E-state index in [1.807, 2.05) is 17.5 Å². The van der Waals surface area contributed by atoms with Gasteiger partial charge in [0.2, 0.25) is 5.89 Å². The summed E-state index contributed by atoms with van der Waals surface area (Å²) < 4.78 is 18.1. The van der Waals surface area contributed by atoms with E-state index in [1.165, 1.54) is 24.3 Å². The predicted molar refractivity (Wildman–Crippen MR) is 75.8 cm³/mol. The van der Waals surface area contributed by atoms with Crippen LogP contribution in [0.2, 0.25) is 0 Å². The van der Waals surface area contributed by atoms with Gasteiger partial charge < -0.3 is 4.42 Å². The molecule has 21 heavy (non-hydrogen) atoms. The van der Waals surface area contributed by atoms with E-state index in [2.05, 4.69) is 15.5 Å². The Bertz CT molecular complexity index is 738. The molecule has 0 fully saturated rings. The van der Waals surface area contributed by atoms with Crippen molar-refractivity contribution in [3.05, 3.63) is 63.9 Å². The number of carbonyl (C=O) groups is 1. The highest BCUT2D eigenvalue weighted by Gasteiger charge is 2.12. The van der Waals surface area contributed by atoms with E-state index < -0.39 is 11.7 Å². The highest BCUT2D eigenvalue weighted by Crippen LogP contribution is 2.16. The molecule has 0 spiro atoms. The number of aromatic nitrogens is 2. The number of nitrogens with one attached hydrogen (secondary N) is 1. The Labute approximate surface area is 123 Å². The fourth-order valence-electron chi connectivity index (χ4n) is 1.71. The van der Waals surface area contributed by atoms with Gasteiger partial charge in [0, 0.05) is 10.4 Å². The van der Waals surface area contributed by atoms with Crippen LogP contribution in [0.1, 0.15) is 21.1 Å². The van der Waals surface area contributed by atoms with Gasteiger partial charge >= 0.3 is 6.01 Å². The minimum absolute atomic E-state index is 0.0240. The van der Waals surface area contributed by atoms with Crippen molar-refractivity contribution in [1.82, 2.24) is 10.2 Å². The van der Waals surface area contributed by atoms with E-state index in [9.17, 15) is 9.18 Å². The summed E-state index contributed by atoms with van der Waals surface area (Å²) in [7, 11) is 0. The summed E-state index contributed by atoms with van der Waals surface area (Å²) in [6.07, 6.45) is 0.525. The zero-order chi connectivity index (χ0) is 14.7.